The van der Waals surface area contributed by atoms with Gasteiger partial charge in [0.2, 0.25) is 5.95 Å². The molecule has 8 heteroatoms. The first-order valence-electron chi connectivity index (χ1n) is 13.7. The zero-order valence-corrected chi connectivity index (χ0v) is 21.0. The van der Waals surface area contributed by atoms with Gasteiger partial charge in [0.25, 0.3) is 0 Å². The molecule has 6 rings (SSSR count). The number of anilines is 2. The van der Waals surface area contributed by atoms with Crippen LogP contribution in [-0.4, -0.2) is 49.7 Å². The van der Waals surface area contributed by atoms with Gasteiger partial charge in [-0.15, -0.1) is 0 Å². The number of piperidine rings is 1. The summed E-state index contributed by atoms with van der Waals surface area (Å²) in [6.45, 7) is 2.00. The van der Waals surface area contributed by atoms with Crippen molar-refractivity contribution in [3.8, 4) is 0 Å². The van der Waals surface area contributed by atoms with Crippen LogP contribution in [0.25, 0.3) is 11.2 Å². The van der Waals surface area contributed by atoms with Crippen LogP contribution in [0.2, 0.25) is 0 Å². The number of nitrogens with one attached hydrogen (secondary N) is 2. The molecule has 0 spiro atoms. The minimum Gasteiger partial charge on any atom is -0.351 e. The van der Waals surface area contributed by atoms with Gasteiger partial charge in [0.1, 0.15) is 0 Å². The summed E-state index contributed by atoms with van der Waals surface area (Å²) in [7, 11) is 0. The van der Waals surface area contributed by atoms with E-state index in [4.69, 9.17) is 20.7 Å². The number of allylic oxidation sites excluding steroid dienone is 2. The largest absolute Gasteiger partial charge is 0.351 e. The first-order chi connectivity index (χ1) is 17.7. The van der Waals surface area contributed by atoms with Gasteiger partial charge < -0.3 is 21.0 Å². The van der Waals surface area contributed by atoms with E-state index in [-0.39, 0.29) is 0 Å². The average Bonchev–Trinajstić information content (AvgIpc) is 3.58. The van der Waals surface area contributed by atoms with E-state index in [9.17, 15) is 0 Å². The van der Waals surface area contributed by atoms with Crippen LogP contribution in [0.5, 0.6) is 0 Å². The van der Waals surface area contributed by atoms with Crippen LogP contribution in [0.4, 0.5) is 11.8 Å². The third-order valence-corrected chi connectivity index (χ3v) is 8.12. The summed E-state index contributed by atoms with van der Waals surface area (Å²) in [6.07, 6.45) is 16.4. The Labute approximate surface area is 213 Å². The van der Waals surface area contributed by atoms with E-state index in [0.29, 0.717) is 24.1 Å². The molecule has 2 aliphatic carbocycles. The van der Waals surface area contributed by atoms with Gasteiger partial charge >= 0.3 is 0 Å². The van der Waals surface area contributed by atoms with Gasteiger partial charge in [0.15, 0.2) is 17.0 Å². The highest BCUT2D eigenvalue weighted by Gasteiger charge is 2.25. The maximum Gasteiger partial charge on any atom is 0.227 e. The fourth-order valence-electron chi connectivity index (χ4n) is 5.94. The van der Waals surface area contributed by atoms with Crippen LogP contribution in [0.1, 0.15) is 63.0 Å². The molecule has 3 aliphatic rings. The highest BCUT2D eigenvalue weighted by molar-refractivity contribution is 5.84. The lowest BCUT2D eigenvalue weighted by atomic mass is 9.91. The van der Waals surface area contributed by atoms with Crippen LogP contribution < -0.4 is 16.5 Å². The smallest absolute Gasteiger partial charge is 0.227 e. The zero-order valence-electron chi connectivity index (χ0n) is 21.0. The monoisotopic (exact) mass is 486 g/mol. The van der Waals surface area contributed by atoms with E-state index in [2.05, 4.69) is 62.8 Å². The number of nitrogens with zero attached hydrogens (tertiary/aromatic N) is 5. The lowest BCUT2D eigenvalue weighted by Gasteiger charge is -2.32. The molecular weight excluding hydrogens is 448 g/mol. The van der Waals surface area contributed by atoms with E-state index in [1.54, 1.807) is 0 Å². The summed E-state index contributed by atoms with van der Waals surface area (Å²) in [6, 6.07) is 11.9. The Morgan fingerprint density at radius 2 is 1.75 bits per heavy atom. The molecule has 3 heterocycles. The molecule has 1 aromatic carbocycles. The van der Waals surface area contributed by atoms with Crippen molar-refractivity contribution in [1.82, 2.24) is 24.5 Å². The summed E-state index contributed by atoms with van der Waals surface area (Å²) in [5.41, 5.74) is 12.9. The third kappa shape index (κ3) is 5.25. The molecule has 36 heavy (non-hydrogen) atoms. The van der Waals surface area contributed by atoms with E-state index < -0.39 is 0 Å². The topological polar surface area (TPSA) is 96.9 Å². The third-order valence-electron chi connectivity index (χ3n) is 8.12. The molecule has 1 unspecified atom stereocenters. The number of nitrogens with two attached hydrogens (primary N) is 1. The number of rotatable bonds is 7. The maximum atomic E-state index is 6.13. The fraction of sp³-hybridized carbons (Fsp3) is 0.536. The number of hydrazine groups is 1. The van der Waals surface area contributed by atoms with Crippen LogP contribution in [-0.2, 0) is 6.42 Å². The number of aromatic nitrogens is 4. The Balaban J connectivity index is 1.19. The van der Waals surface area contributed by atoms with Crippen molar-refractivity contribution in [1.29, 1.82) is 0 Å². The van der Waals surface area contributed by atoms with Crippen molar-refractivity contribution < 1.29 is 0 Å². The average molecular weight is 487 g/mol. The Morgan fingerprint density at radius 3 is 2.50 bits per heavy atom. The van der Waals surface area contributed by atoms with Gasteiger partial charge in [-0.2, -0.15) is 9.97 Å². The molecule has 1 saturated heterocycles. The molecule has 2 aromatic heterocycles. The van der Waals surface area contributed by atoms with Crippen molar-refractivity contribution >= 4 is 22.9 Å². The fourth-order valence-corrected chi connectivity index (χ4v) is 5.94. The summed E-state index contributed by atoms with van der Waals surface area (Å²) >= 11 is 0. The van der Waals surface area contributed by atoms with Crippen molar-refractivity contribution in [2.45, 2.75) is 75.9 Å². The summed E-state index contributed by atoms with van der Waals surface area (Å²) < 4.78 is 2.21. The van der Waals surface area contributed by atoms with Gasteiger partial charge in [-0.25, -0.2) is 9.99 Å². The van der Waals surface area contributed by atoms with Crippen LogP contribution in [0, 0.1) is 5.92 Å². The van der Waals surface area contributed by atoms with Gasteiger partial charge in [-0.05, 0) is 69.3 Å². The molecule has 0 amide bonds. The predicted octanol–water partition coefficient (Wildman–Crippen LogP) is 4.68. The molecule has 190 valence electrons. The zero-order chi connectivity index (χ0) is 24.3. The SMILES string of the molecule is N[C@H]1CC[C@H](Nc2nc(NN3CCC(Cc4ccccc4)CC3)c3ncn(C4C=CCC4)c3n2)CC1. The Hall–Kier alpha value is -2.97. The van der Waals surface area contributed by atoms with Gasteiger partial charge in [-0.3, -0.25) is 0 Å². The van der Waals surface area contributed by atoms with Gasteiger partial charge in [0.05, 0.1) is 12.4 Å². The van der Waals surface area contributed by atoms with Crippen LogP contribution in [0.3, 0.4) is 0 Å². The second-order valence-corrected chi connectivity index (χ2v) is 10.8. The molecule has 3 aromatic rings. The summed E-state index contributed by atoms with van der Waals surface area (Å²) in [5, 5.41) is 5.92. The quantitative estimate of drug-likeness (QED) is 0.417. The predicted molar refractivity (Wildman–Crippen MR) is 145 cm³/mol. The molecule has 1 aliphatic heterocycles. The van der Waals surface area contributed by atoms with Crippen molar-refractivity contribution in [2.24, 2.45) is 11.7 Å². The molecular formula is C28H38N8. The lowest BCUT2D eigenvalue weighted by Crippen LogP contribution is -2.39. The van der Waals surface area contributed by atoms with E-state index in [0.717, 1.165) is 80.9 Å². The van der Waals surface area contributed by atoms with Crippen molar-refractivity contribution in [3.05, 3.63) is 54.4 Å². The number of hydrogen-bond donors (Lipinski definition) is 3. The number of hydrogen-bond acceptors (Lipinski definition) is 7. The standard InChI is InChI=1S/C28H38N8/c29-22-10-12-23(13-11-22)31-28-32-26(25-27(33-28)36(19-30-25)24-8-4-5-9-24)34-35-16-14-21(15-17-35)18-20-6-2-1-3-7-20/h1-4,6-8,19,21-24H,5,9-18,29H2,(H2,31,32,33,34)/t22-,23-,24?. The first-order valence-corrected chi connectivity index (χ1v) is 13.7. The van der Waals surface area contributed by atoms with Crippen LogP contribution >= 0.6 is 0 Å². The second-order valence-electron chi connectivity index (χ2n) is 10.8. The number of benzene rings is 1. The lowest BCUT2D eigenvalue weighted by molar-refractivity contribution is 0.216. The van der Waals surface area contributed by atoms with Crippen LogP contribution in [0.15, 0.2) is 48.8 Å². The molecule has 2 fully saturated rings. The Morgan fingerprint density at radius 1 is 0.944 bits per heavy atom. The second kappa shape index (κ2) is 10.6. The van der Waals surface area contributed by atoms with E-state index in [1.165, 1.54) is 18.4 Å². The van der Waals surface area contributed by atoms with E-state index >= 15 is 0 Å². The van der Waals surface area contributed by atoms with E-state index in [1.807, 2.05) is 6.33 Å². The molecule has 1 atom stereocenters. The van der Waals surface area contributed by atoms with Gasteiger partial charge in [0, 0.05) is 25.2 Å². The molecule has 1 saturated carbocycles. The minimum absolute atomic E-state index is 0.312. The normalized spacial score (nSPS) is 25.4. The Kier molecular flexibility index (Phi) is 6.88. The van der Waals surface area contributed by atoms with Crippen molar-refractivity contribution in [2.75, 3.05) is 23.8 Å². The van der Waals surface area contributed by atoms with Gasteiger partial charge in [-0.1, -0.05) is 42.5 Å². The molecule has 0 bridgehead atoms. The van der Waals surface area contributed by atoms with Crippen molar-refractivity contribution in [3.63, 3.8) is 0 Å². The first kappa shape index (κ1) is 23.4. The highest BCUT2D eigenvalue weighted by Crippen LogP contribution is 2.30. The Bertz CT molecular complexity index is 1170. The molecule has 4 N–H and O–H groups in total. The minimum atomic E-state index is 0.312. The molecule has 8 nitrogen and oxygen atoms in total. The maximum absolute atomic E-state index is 6.13. The highest BCUT2D eigenvalue weighted by atomic mass is 15.5. The number of fused-ring (bicyclic) bond motifs is 1. The molecule has 0 radical (unpaired) electrons. The summed E-state index contributed by atoms with van der Waals surface area (Å²) in [5.74, 6) is 2.21. The number of imidazole rings is 1. The summed E-state index contributed by atoms with van der Waals surface area (Å²) in [4.78, 5) is 14.7.